The number of nitrogens with zero attached hydrogens (tertiary/aromatic N) is 2. The monoisotopic (exact) mass is 411 g/mol. The van der Waals surface area contributed by atoms with E-state index in [9.17, 15) is 9.90 Å². The van der Waals surface area contributed by atoms with Crippen molar-refractivity contribution in [2.24, 2.45) is 0 Å². The van der Waals surface area contributed by atoms with Gasteiger partial charge in [0.25, 0.3) is 0 Å². The molecule has 1 saturated heterocycles. The smallest absolute Gasteiger partial charge is 0.320 e. The number of carbonyl (C=O) groups is 1. The van der Waals surface area contributed by atoms with Crippen LogP contribution in [0.25, 0.3) is 10.9 Å². The van der Waals surface area contributed by atoms with E-state index in [4.69, 9.17) is 9.47 Å². The van der Waals surface area contributed by atoms with Crippen molar-refractivity contribution in [1.82, 2.24) is 20.5 Å². The molecule has 9 heteroatoms. The number of rotatable bonds is 6. The van der Waals surface area contributed by atoms with Crippen LogP contribution in [0.5, 0.6) is 5.88 Å². The average Bonchev–Trinajstić information content (AvgIpc) is 3.36. The van der Waals surface area contributed by atoms with Crippen LogP contribution in [0.2, 0.25) is 0 Å². The van der Waals surface area contributed by atoms with E-state index in [1.165, 1.54) is 0 Å². The number of hydrogen-bond donors (Lipinski definition) is 4. The summed E-state index contributed by atoms with van der Waals surface area (Å²) in [6.45, 7) is 4.53. The van der Waals surface area contributed by atoms with Crippen LogP contribution in [0.1, 0.15) is 31.9 Å². The fraction of sp³-hybridized carbons (Fsp3) is 0.381. The largest absolute Gasteiger partial charge is 0.470 e. The summed E-state index contributed by atoms with van der Waals surface area (Å²) in [5, 5.41) is 23.9. The number of anilines is 1. The Bertz CT molecular complexity index is 1010. The maximum atomic E-state index is 12.6. The molecular formula is C21H25N5O4. The number of nitrogens with one attached hydrogen (secondary N) is 3. The number of benzene rings is 1. The number of hydrogen-bond acceptors (Lipinski definition) is 6. The number of urea groups is 1. The first-order valence-electron chi connectivity index (χ1n) is 9.83. The third kappa shape index (κ3) is 4.52. The van der Waals surface area contributed by atoms with Crippen molar-refractivity contribution in [3.05, 3.63) is 48.2 Å². The van der Waals surface area contributed by atoms with E-state index in [-0.39, 0.29) is 6.10 Å². The zero-order chi connectivity index (χ0) is 21.1. The van der Waals surface area contributed by atoms with Crippen LogP contribution in [0.3, 0.4) is 0 Å². The van der Waals surface area contributed by atoms with Crippen LogP contribution < -0.4 is 15.4 Å². The molecule has 30 heavy (non-hydrogen) atoms. The van der Waals surface area contributed by atoms with Gasteiger partial charge >= 0.3 is 6.03 Å². The van der Waals surface area contributed by atoms with Gasteiger partial charge in [0.1, 0.15) is 11.9 Å². The molecule has 2 aromatic heterocycles. The number of fused-ring (bicyclic) bond motifs is 1. The normalized spacial score (nSPS) is 17.6. The summed E-state index contributed by atoms with van der Waals surface area (Å²) in [5.74, 6) is 0.817. The average molecular weight is 411 g/mol. The van der Waals surface area contributed by atoms with E-state index >= 15 is 0 Å². The van der Waals surface area contributed by atoms with E-state index in [1.807, 2.05) is 30.3 Å². The first-order chi connectivity index (χ1) is 14.4. The summed E-state index contributed by atoms with van der Waals surface area (Å²) in [6.07, 6.45) is 2.41. The van der Waals surface area contributed by atoms with Gasteiger partial charge in [-0.05, 0) is 19.4 Å². The van der Waals surface area contributed by atoms with Crippen molar-refractivity contribution in [2.45, 2.75) is 38.0 Å². The second-order valence-corrected chi connectivity index (χ2v) is 7.84. The number of aliphatic hydroxyl groups is 1. The topological polar surface area (TPSA) is 121 Å². The van der Waals surface area contributed by atoms with Crippen molar-refractivity contribution >= 4 is 22.8 Å². The van der Waals surface area contributed by atoms with E-state index in [1.54, 1.807) is 26.1 Å². The Morgan fingerprint density at radius 2 is 2.17 bits per heavy atom. The van der Waals surface area contributed by atoms with E-state index in [0.717, 1.165) is 17.4 Å². The van der Waals surface area contributed by atoms with Crippen molar-refractivity contribution in [3.63, 3.8) is 0 Å². The highest BCUT2D eigenvalue weighted by molar-refractivity contribution is 5.92. The third-order valence-electron chi connectivity index (χ3n) is 4.93. The second-order valence-electron chi connectivity index (χ2n) is 7.84. The molecule has 2 unspecified atom stereocenters. The molecule has 1 fully saturated rings. The first-order valence-corrected chi connectivity index (χ1v) is 9.83. The second kappa shape index (κ2) is 8.29. The van der Waals surface area contributed by atoms with Gasteiger partial charge in [0.05, 0.1) is 35.8 Å². The molecule has 0 saturated carbocycles. The number of pyridine rings is 1. The molecule has 1 aromatic carbocycles. The molecule has 158 valence electrons. The highest BCUT2D eigenvalue weighted by Gasteiger charge is 2.30. The number of ether oxygens (including phenoxy) is 2. The number of aromatic amines is 1. The predicted molar refractivity (Wildman–Crippen MR) is 111 cm³/mol. The molecule has 9 nitrogen and oxygen atoms in total. The summed E-state index contributed by atoms with van der Waals surface area (Å²) < 4.78 is 11.2. The van der Waals surface area contributed by atoms with Gasteiger partial charge < -0.3 is 19.9 Å². The lowest BCUT2D eigenvalue weighted by molar-refractivity contribution is 0.0415. The minimum absolute atomic E-state index is 0.0168. The van der Waals surface area contributed by atoms with Crippen molar-refractivity contribution in [1.29, 1.82) is 0 Å². The highest BCUT2D eigenvalue weighted by atomic mass is 16.5. The van der Waals surface area contributed by atoms with Crippen LogP contribution in [0.4, 0.5) is 10.6 Å². The van der Waals surface area contributed by atoms with Gasteiger partial charge in [0, 0.05) is 18.7 Å². The van der Waals surface area contributed by atoms with E-state index < -0.39 is 17.7 Å². The Morgan fingerprint density at radius 1 is 1.37 bits per heavy atom. The highest BCUT2D eigenvalue weighted by Crippen LogP contribution is 2.27. The van der Waals surface area contributed by atoms with Crippen LogP contribution in [0, 0.1) is 0 Å². The van der Waals surface area contributed by atoms with Gasteiger partial charge in [-0.25, -0.2) is 9.78 Å². The number of carbonyl (C=O) groups excluding carboxylic acids is 1. The molecule has 1 aliphatic heterocycles. The molecule has 1 aliphatic rings. The van der Waals surface area contributed by atoms with Crippen molar-refractivity contribution in [3.8, 4) is 5.88 Å². The lowest BCUT2D eigenvalue weighted by atomic mass is 9.92. The molecule has 0 aliphatic carbocycles. The molecule has 3 aromatic rings. The first kappa shape index (κ1) is 20.1. The van der Waals surface area contributed by atoms with Gasteiger partial charge in [-0.3, -0.25) is 10.4 Å². The van der Waals surface area contributed by atoms with E-state index in [2.05, 4.69) is 25.8 Å². The Hall–Kier alpha value is -3.17. The molecule has 2 atom stereocenters. The minimum Gasteiger partial charge on any atom is -0.470 e. The van der Waals surface area contributed by atoms with Gasteiger partial charge in [-0.2, -0.15) is 0 Å². The Labute approximate surface area is 173 Å². The van der Waals surface area contributed by atoms with E-state index in [0.29, 0.717) is 30.4 Å². The van der Waals surface area contributed by atoms with Gasteiger partial charge in [-0.1, -0.05) is 30.3 Å². The molecule has 0 bridgehead atoms. The minimum atomic E-state index is -1.16. The summed E-state index contributed by atoms with van der Waals surface area (Å²) in [7, 11) is 0. The Balaban J connectivity index is 1.46. The van der Waals surface area contributed by atoms with Gasteiger partial charge in [0.15, 0.2) is 0 Å². The molecular weight excluding hydrogens is 386 g/mol. The number of H-pyrrole nitrogens is 1. The third-order valence-corrected chi connectivity index (χ3v) is 4.93. The Morgan fingerprint density at radius 3 is 2.87 bits per heavy atom. The SMILES string of the molecule is CC(C)(O)C(NC(=O)Nc1cc2[nH]nc(OC3CCOC3)c2cn1)c1ccccc1. The molecule has 0 spiro atoms. The van der Waals surface area contributed by atoms with Crippen molar-refractivity contribution in [2.75, 3.05) is 18.5 Å². The molecule has 4 N–H and O–H groups in total. The molecule has 0 radical (unpaired) electrons. The van der Waals surface area contributed by atoms with Crippen LogP contribution in [0.15, 0.2) is 42.6 Å². The Kier molecular flexibility index (Phi) is 5.56. The van der Waals surface area contributed by atoms with Crippen molar-refractivity contribution < 1.29 is 19.4 Å². The fourth-order valence-corrected chi connectivity index (χ4v) is 3.41. The summed E-state index contributed by atoms with van der Waals surface area (Å²) in [6, 6.07) is 9.93. The standard InChI is InChI=1S/C21H25N5O4/c1-21(2,28)18(13-6-4-3-5-7-13)24-20(27)23-17-10-16-15(11-22-17)19(26-25-16)30-14-8-9-29-12-14/h3-7,10-11,14,18,28H,8-9,12H2,1-2H3,(H,25,26)(H2,22,23,24,27). The summed E-state index contributed by atoms with van der Waals surface area (Å²) in [5.41, 5.74) is 0.335. The lowest BCUT2D eigenvalue weighted by Crippen LogP contribution is -2.43. The lowest BCUT2D eigenvalue weighted by Gasteiger charge is -2.30. The van der Waals surface area contributed by atoms with Crippen LogP contribution >= 0.6 is 0 Å². The zero-order valence-corrected chi connectivity index (χ0v) is 16.9. The quantitative estimate of drug-likeness (QED) is 0.495. The maximum absolute atomic E-state index is 12.6. The van der Waals surface area contributed by atoms with Crippen LogP contribution in [-0.2, 0) is 4.74 Å². The number of aromatic nitrogens is 3. The fourth-order valence-electron chi connectivity index (χ4n) is 3.41. The zero-order valence-electron chi connectivity index (χ0n) is 16.9. The predicted octanol–water partition coefficient (Wildman–Crippen LogP) is 2.76. The summed E-state index contributed by atoms with van der Waals surface area (Å²) in [4.78, 5) is 16.9. The summed E-state index contributed by atoms with van der Waals surface area (Å²) >= 11 is 0. The molecule has 2 amide bonds. The molecule has 3 heterocycles. The van der Waals surface area contributed by atoms with Gasteiger partial charge in [0.2, 0.25) is 5.88 Å². The molecule has 4 rings (SSSR count). The van der Waals surface area contributed by atoms with Gasteiger partial charge in [-0.15, -0.1) is 5.10 Å². The maximum Gasteiger partial charge on any atom is 0.320 e. The van der Waals surface area contributed by atoms with Crippen LogP contribution in [-0.4, -0.2) is 51.2 Å². The number of amides is 2.